The van der Waals surface area contributed by atoms with Crippen LogP contribution >= 0.6 is 0 Å². The second-order valence-corrected chi connectivity index (χ2v) is 8.10. The average molecular weight is 447 g/mol. The minimum atomic E-state index is -1.03. The fourth-order valence-electron chi connectivity index (χ4n) is 4.40. The summed E-state index contributed by atoms with van der Waals surface area (Å²) < 4.78 is 35.1. The Balaban J connectivity index is 1.70. The normalized spacial score (nSPS) is 20.0. The van der Waals surface area contributed by atoms with E-state index in [-0.39, 0.29) is 17.4 Å². The number of benzene rings is 1. The molecule has 2 aliphatic rings. The van der Waals surface area contributed by atoms with Crippen LogP contribution in [-0.4, -0.2) is 52.7 Å². The number of aryl methyl sites for hydroxylation is 1. The van der Waals surface area contributed by atoms with Gasteiger partial charge in [0.25, 0.3) is 11.8 Å². The maximum atomic E-state index is 14.1. The Bertz CT molecular complexity index is 1140. The highest BCUT2D eigenvalue weighted by Gasteiger charge is 2.40. The first kappa shape index (κ1) is 21.9. The van der Waals surface area contributed by atoms with E-state index in [0.717, 1.165) is 12.1 Å². The molecule has 0 radical (unpaired) electrons. The van der Waals surface area contributed by atoms with Gasteiger partial charge >= 0.3 is 0 Å². The SMILES string of the molecule is COC1CCCN2CC1n1cc(C(=O)NCc3c(F)cc(C)cc3F)c(=O)c(O)c1C2=O. The molecule has 0 aliphatic carbocycles. The van der Waals surface area contributed by atoms with Gasteiger partial charge in [-0.15, -0.1) is 0 Å². The summed E-state index contributed by atoms with van der Waals surface area (Å²) in [7, 11) is 1.54. The van der Waals surface area contributed by atoms with Crippen molar-refractivity contribution in [3.8, 4) is 5.75 Å². The van der Waals surface area contributed by atoms with Gasteiger partial charge in [0.05, 0.1) is 12.1 Å². The van der Waals surface area contributed by atoms with Crippen molar-refractivity contribution in [2.75, 3.05) is 20.2 Å². The van der Waals surface area contributed by atoms with Crippen molar-refractivity contribution in [1.29, 1.82) is 0 Å². The molecule has 2 aliphatic heterocycles. The van der Waals surface area contributed by atoms with Crippen molar-refractivity contribution in [2.24, 2.45) is 0 Å². The summed E-state index contributed by atoms with van der Waals surface area (Å²) in [5, 5.41) is 12.9. The van der Waals surface area contributed by atoms with Crippen LogP contribution in [0.3, 0.4) is 0 Å². The highest BCUT2D eigenvalue weighted by molar-refractivity contribution is 5.99. The second-order valence-electron chi connectivity index (χ2n) is 8.10. The summed E-state index contributed by atoms with van der Waals surface area (Å²) in [6, 6.07) is 1.87. The van der Waals surface area contributed by atoms with E-state index in [4.69, 9.17) is 4.74 Å². The number of ether oxygens (including phenoxy) is 1. The molecule has 2 unspecified atom stereocenters. The molecule has 2 amide bonds. The fraction of sp³-hybridized carbons (Fsp3) is 0.409. The maximum Gasteiger partial charge on any atom is 0.274 e. The van der Waals surface area contributed by atoms with Crippen LogP contribution in [0.25, 0.3) is 0 Å². The minimum absolute atomic E-state index is 0.192. The van der Waals surface area contributed by atoms with Crippen LogP contribution in [0.5, 0.6) is 5.75 Å². The first-order chi connectivity index (χ1) is 15.2. The summed E-state index contributed by atoms with van der Waals surface area (Å²) >= 11 is 0. The van der Waals surface area contributed by atoms with Crippen LogP contribution < -0.4 is 10.7 Å². The molecule has 1 fully saturated rings. The standard InChI is InChI=1S/C22H23F2N3O5/c1-11-6-14(23)12(15(24)7-11)8-25-21(30)13-9-27-16-10-26(5-3-4-17(16)32-2)22(31)18(27)20(29)19(13)28/h6-7,9,16-17,29H,3-5,8,10H2,1-2H3,(H,25,30). The lowest BCUT2D eigenvalue weighted by atomic mass is 10.0. The number of hydrogen-bond acceptors (Lipinski definition) is 5. The number of amides is 2. The molecule has 4 rings (SSSR count). The Hall–Kier alpha value is -3.27. The van der Waals surface area contributed by atoms with Crippen molar-refractivity contribution >= 4 is 11.8 Å². The molecule has 2 N–H and O–H groups in total. The number of aromatic hydroxyl groups is 1. The number of fused-ring (bicyclic) bond motifs is 4. The van der Waals surface area contributed by atoms with Crippen LogP contribution in [0.1, 0.15) is 50.9 Å². The van der Waals surface area contributed by atoms with Crippen molar-refractivity contribution in [3.63, 3.8) is 0 Å². The Morgan fingerprint density at radius 2 is 1.97 bits per heavy atom. The number of nitrogens with zero attached hydrogens (tertiary/aromatic N) is 2. The lowest BCUT2D eigenvalue weighted by Gasteiger charge is -2.36. The molecule has 0 saturated carbocycles. The molecule has 32 heavy (non-hydrogen) atoms. The van der Waals surface area contributed by atoms with Gasteiger partial charge in [-0.3, -0.25) is 14.4 Å². The van der Waals surface area contributed by atoms with E-state index < -0.39 is 52.8 Å². The number of halogens is 2. The molecule has 0 spiro atoms. The van der Waals surface area contributed by atoms with E-state index >= 15 is 0 Å². The van der Waals surface area contributed by atoms with Crippen molar-refractivity contribution in [2.45, 2.75) is 38.5 Å². The smallest absolute Gasteiger partial charge is 0.274 e. The van der Waals surface area contributed by atoms with Gasteiger partial charge < -0.3 is 24.6 Å². The molecule has 2 bridgehead atoms. The van der Waals surface area contributed by atoms with Gasteiger partial charge in [-0.25, -0.2) is 8.78 Å². The Labute approximate surface area is 182 Å². The maximum absolute atomic E-state index is 14.1. The topological polar surface area (TPSA) is 101 Å². The van der Waals surface area contributed by atoms with Crippen LogP contribution in [0.2, 0.25) is 0 Å². The van der Waals surface area contributed by atoms with Crippen LogP contribution in [0, 0.1) is 18.6 Å². The lowest BCUT2D eigenvalue weighted by Crippen LogP contribution is -2.47. The third kappa shape index (κ3) is 3.64. The molecular formula is C22H23F2N3O5. The Kier molecular flexibility index (Phi) is 5.72. The number of carbonyl (C=O) groups excluding carboxylic acids is 2. The molecule has 8 nitrogen and oxygen atoms in total. The van der Waals surface area contributed by atoms with E-state index in [2.05, 4.69) is 5.32 Å². The number of rotatable bonds is 4. The molecule has 10 heteroatoms. The molecular weight excluding hydrogens is 424 g/mol. The Morgan fingerprint density at radius 1 is 1.28 bits per heavy atom. The summed E-state index contributed by atoms with van der Waals surface area (Å²) in [5.41, 5.74) is -1.61. The summed E-state index contributed by atoms with van der Waals surface area (Å²) in [5.74, 6) is -3.89. The van der Waals surface area contributed by atoms with Gasteiger partial charge in [0.15, 0.2) is 11.4 Å². The van der Waals surface area contributed by atoms with Crippen LogP contribution in [0.4, 0.5) is 8.78 Å². The van der Waals surface area contributed by atoms with E-state index in [0.29, 0.717) is 31.5 Å². The molecule has 2 atom stereocenters. The quantitative estimate of drug-likeness (QED) is 0.746. The Morgan fingerprint density at radius 3 is 2.62 bits per heavy atom. The molecule has 170 valence electrons. The third-order valence-corrected chi connectivity index (χ3v) is 6.07. The van der Waals surface area contributed by atoms with Gasteiger partial charge in [-0.2, -0.15) is 0 Å². The first-order valence-electron chi connectivity index (χ1n) is 10.3. The van der Waals surface area contributed by atoms with Crippen molar-refractivity contribution in [3.05, 3.63) is 62.6 Å². The zero-order chi connectivity index (χ0) is 23.2. The molecule has 2 aromatic rings. The van der Waals surface area contributed by atoms with Crippen LogP contribution in [0.15, 0.2) is 23.1 Å². The van der Waals surface area contributed by atoms with E-state index in [1.807, 2.05) is 0 Å². The van der Waals surface area contributed by atoms with E-state index in [1.54, 1.807) is 4.90 Å². The van der Waals surface area contributed by atoms with E-state index in [9.17, 15) is 28.3 Å². The number of carbonyl (C=O) groups is 2. The molecule has 1 aromatic heterocycles. The first-order valence-corrected chi connectivity index (χ1v) is 10.3. The second kappa shape index (κ2) is 8.34. The average Bonchev–Trinajstić information content (AvgIpc) is 2.93. The predicted octanol–water partition coefficient (Wildman–Crippen LogP) is 1.88. The van der Waals surface area contributed by atoms with E-state index in [1.165, 1.54) is 24.8 Å². The van der Waals surface area contributed by atoms with Gasteiger partial charge in [-0.05, 0) is 37.5 Å². The zero-order valence-corrected chi connectivity index (χ0v) is 17.7. The third-order valence-electron chi connectivity index (χ3n) is 6.07. The van der Waals surface area contributed by atoms with Crippen molar-refractivity contribution in [1.82, 2.24) is 14.8 Å². The molecule has 3 heterocycles. The van der Waals surface area contributed by atoms with Gasteiger partial charge in [-0.1, -0.05) is 0 Å². The summed E-state index contributed by atoms with van der Waals surface area (Å²) in [6.07, 6.45) is 2.28. The number of nitrogens with one attached hydrogen (secondary N) is 1. The summed E-state index contributed by atoms with van der Waals surface area (Å²) in [4.78, 5) is 39.8. The van der Waals surface area contributed by atoms with Crippen molar-refractivity contribution < 1.29 is 28.2 Å². The summed E-state index contributed by atoms with van der Waals surface area (Å²) in [6.45, 7) is 1.83. The van der Waals surface area contributed by atoms with Gasteiger partial charge in [0.2, 0.25) is 5.43 Å². The number of hydrogen-bond donors (Lipinski definition) is 2. The highest BCUT2D eigenvalue weighted by Crippen LogP contribution is 2.33. The number of methoxy groups -OCH3 is 1. The fourth-order valence-corrected chi connectivity index (χ4v) is 4.40. The lowest BCUT2D eigenvalue weighted by molar-refractivity contribution is 0.0352. The largest absolute Gasteiger partial charge is 0.503 e. The number of pyridine rings is 1. The van der Waals surface area contributed by atoms with Crippen LogP contribution in [-0.2, 0) is 11.3 Å². The van der Waals surface area contributed by atoms with Gasteiger partial charge in [0.1, 0.15) is 17.2 Å². The monoisotopic (exact) mass is 447 g/mol. The highest BCUT2D eigenvalue weighted by atomic mass is 19.1. The molecule has 1 saturated heterocycles. The number of aromatic nitrogens is 1. The minimum Gasteiger partial charge on any atom is -0.503 e. The van der Waals surface area contributed by atoms with Gasteiger partial charge in [0, 0.05) is 38.5 Å². The predicted molar refractivity (Wildman–Crippen MR) is 110 cm³/mol. The molecule has 1 aromatic carbocycles. The zero-order valence-electron chi connectivity index (χ0n) is 17.7.